The van der Waals surface area contributed by atoms with E-state index in [9.17, 15) is 0 Å². The second-order valence-electron chi connectivity index (χ2n) is 4.92. The van der Waals surface area contributed by atoms with Crippen molar-refractivity contribution in [1.29, 1.82) is 0 Å². The highest BCUT2D eigenvalue weighted by molar-refractivity contribution is 8.00. The molecule has 1 N–H and O–H groups in total. The Balaban J connectivity index is 2.22. The summed E-state index contributed by atoms with van der Waals surface area (Å²) >= 11 is 2.13. The first-order valence-corrected chi connectivity index (χ1v) is 7.40. The average Bonchev–Trinajstić information content (AvgIpc) is 2.26. The molecule has 1 aliphatic rings. The summed E-state index contributed by atoms with van der Waals surface area (Å²) in [6, 6.07) is 0.553. The Morgan fingerprint density at radius 3 is 2.94 bits per heavy atom. The van der Waals surface area contributed by atoms with E-state index in [1.165, 1.54) is 30.8 Å². The van der Waals surface area contributed by atoms with E-state index in [-0.39, 0.29) is 0 Å². The molecule has 1 fully saturated rings. The minimum absolute atomic E-state index is 0.553. The Bertz CT molecular complexity index is 216. The van der Waals surface area contributed by atoms with E-state index in [2.05, 4.69) is 49.3 Å². The predicted molar refractivity (Wildman–Crippen MR) is 75.3 cm³/mol. The van der Waals surface area contributed by atoms with Crippen molar-refractivity contribution in [2.24, 2.45) is 0 Å². The summed E-state index contributed by atoms with van der Waals surface area (Å²) in [4.78, 5) is 2.55. The molecule has 1 heterocycles. The van der Waals surface area contributed by atoms with E-state index in [4.69, 9.17) is 0 Å². The van der Waals surface area contributed by atoms with Gasteiger partial charge in [0.1, 0.15) is 0 Å². The maximum Gasteiger partial charge on any atom is 0.0203 e. The molecule has 0 spiro atoms. The molecule has 3 heteroatoms. The van der Waals surface area contributed by atoms with Crippen LogP contribution >= 0.6 is 11.8 Å². The largest absolute Gasteiger partial charge is 0.311 e. The standard InChI is InChI=1S/C13H26N2S/c1-5-13-10-15(6-7-16-13)9-12(4)8-14-11(2)3/h11,13-14H,4-10H2,1-3H3. The first-order chi connectivity index (χ1) is 7.61. The highest BCUT2D eigenvalue weighted by Crippen LogP contribution is 2.21. The Morgan fingerprint density at radius 2 is 2.31 bits per heavy atom. The van der Waals surface area contributed by atoms with Crippen LogP contribution in [0.2, 0.25) is 0 Å². The van der Waals surface area contributed by atoms with E-state index < -0.39 is 0 Å². The Hall–Kier alpha value is 0.0100. The fourth-order valence-corrected chi connectivity index (χ4v) is 3.14. The van der Waals surface area contributed by atoms with Crippen LogP contribution in [0.1, 0.15) is 27.2 Å². The zero-order valence-corrected chi connectivity index (χ0v) is 11.8. The fraction of sp³-hybridized carbons (Fsp3) is 0.846. The van der Waals surface area contributed by atoms with Gasteiger partial charge in [-0.05, 0) is 12.0 Å². The summed E-state index contributed by atoms with van der Waals surface area (Å²) in [5.41, 5.74) is 1.32. The normalized spacial score (nSPS) is 22.6. The van der Waals surface area contributed by atoms with Gasteiger partial charge >= 0.3 is 0 Å². The van der Waals surface area contributed by atoms with Crippen molar-refractivity contribution in [2.75, 3.05) is 31.9 Å². The van der Waals surface area contributed by atoms with Crippen molar-refractivity contribution in [3.8, 4) is 0 Å². The summed E-state index contributed by atoms with van der Waals surface area (Å²) in [6.07, 6.45) is 1.29. The average molecular weight is 242 g/mol. The summed E-state index contributed by atoms with van der Waals surface area (Å²) in [6.45, 7) is 15.3. The van der Waals surface area contributed by atoms with Gasteiger partial charge in [0.25, 0.3) is 0 Å². The maximum absolute atomic E-state index is 4.16. The molecule has 1 rings (SSSR count). The predicted octanol–water partition coefficient (Wildman–Crippen LogP) is 2.37. The monoisotopic (exact) mass is 242 g/mol. The molecule has 16 heavy (non-hydrogen) atoms. The number of rotatable bonds is 6. The third-order valence-corrected chi connectivity index (χ3v) is 4.26. The lowest BCUT2D eigenvalue weighted by Gasteiger charge is -2.32. The molecule has 0 aromatic rings. The van der Waals surface area contributed by atoms with Crippen LogP contribution in [0.5, 0.6) is 0 Å². The number of hydrogen-bond donors (Lipinski definition) is 1. The van der Waals surface area contributed by atoms with E-state index in [1.807, 2.05) is 0 Å². The molecule has 0 aromatic heterocycles. The zero-order chi connectivity index (χ0) is 12.0. The van der Waals surface area contributed by atoms with Gasteiger partial charge in [0.2, 0.25) is 0 Å². The van der Waals surface area contributed by atoms with Gasteiger partial charge < -0.3 is 5.32 Å². The molecule has 0 aromatic carbocycles. The van der Waals surface area contributed by atoms with Gasteiger partial charge in [0, 0.05) is 43.2 Å². The molecule has 0 amide bonds. The second kappa shape index (κ2) is 7.36. The number of nitrogens with zero attached hydrogens (tertiary/aromatic N) is 1. The summed E-state index contributed by atoms with van der Waals surface area (Å²) in [5, 5.41) is 4.26. The number of hydrogen-bond acceptors (Lipinski definition) is 3. The van der Waals surface area contributed by atoms with Crippen LogP contribution in [0.4, 0.5) is 0 Å². The Labute approximate surface area is 105 Å². The van der Waals surface area contributed by atoms with Gasteiger partial charge in [-0.1, -0.05) is 27.4 Å². The van der Waals surface area contributed by atoms with Crippen molar-refractivity contribution >= 4 is 11.8 Å². The molecule has 0 aliphatic carbocycles. The van der Waals surface area contributed by atoms with Crippen LogP contribution in [0.25, 0.3) is 0 Å². The molecule has 2 nitrogen and oxygen atoms in total. The summed E-state index contributed by atoms with van der Waals surface area (Å²) in [5.74, 6) is 1.28. The van der Waals surface area contributed by atoms with Crippen molar-refractivity contribution in [3.05, 3.63) is 12.2 Å². The third kappa shape index (κ3) is 5.37. The minimum Gasteiger partial charge on any atom is -0.311 e. The van der Waals surface area contributed by atoms with Gasteiger partial charge in [-0.2, -0.15) is 11.8 Å². The number of nitrogens with one attached hydrogen (secondary N) is 1. The van der Waals surface area contributed by atoms with E-state index in [1.54, 1.807) is 0 Å². The van der Waals surface area contributed by atoms with E-state index >= 15 is 0 Å². The molecular weight excluding hydrogens is 216 g/mol. The molecule has 1 unspecified atom stereocenters. The van der Waals surface area contributed by atoms with Crippen LogP contribution in [-0.4, -0.2) is 48.1 Å². The molecule has 0 radical (unpaired) electrons. The van der Waals surface area contributed by atoms with Gasteiger partial charge in [0.05, 0.1) is 0 Å². The molecule has 1 aliphatic heterocycles. The van der Waals surface area contributed by atoms with Crippen LogP contribution in [0.3, 0.4) is 0 Å². The molecule has 1 saturated heterocycles. The van der Waals surface area contributed by atoms with Gasteiger partial charge in [-0.15, -0.1) is 0 Å². The first kappa shape index (κ1) is 14.1. The molecule has 1 atom stereocenters. The van der Waals surface area contributed by atoms with Crippen molar-refractivity contribution in [3.63, 3.8) is 0 Å². The molecule has 0 bridgehead atoms. The van der Waals surface area contributed by atoms with E-state index in [0.29, 0.717) is 6.04 Å². The topological polar surface area (TPSA) is 15.3 Å². The SMILES string of the molecule is C=C(CNC(C)C)CN1CCSC(CC)C1. The van der Waals surface area contributed by atoms with Crippen LogP contribution in [0.15, 0.2) is 12.2 Å². The quantitative estimate of drug-likeness (QED) is 0.720. The number of thioether (sulfide) groups is 1. The van der Waals surface area contributed by atoms with Crippen molar-refractivity contribution < 1.29 is 0 Å². The lowest BCUT2D eigenvalue weighted by molar-refractivity contribution is 0.301. The highest BCUT2D eigenvalue weighted by atomic mass is 32.2. The zero-order valence-electron chi connectivity index (χ0n) is 11.0. The first-order valence-electron chi connectivity index (χ1n) is 6.35. The van der Waals surface area contributed by atoms with Gasteiger partial charge in [-0.25, -0.2) is 0 Å². The van der Waals surface area contributed by atoms with Crippen molar-refractivity contribution in [1.82, 2.24) is 10.2 Å². The Kier molecular flexibility index (Phi) is 6.47. The maximum atomic E-state index is 4.16. The molecular formula is C13H26N2S. The third-order valence-electron chi connectivity index (χ3n) is 2.89. The smallest absolute Gasteiger partial charge is 0.0203 e. The Morgan fingerprint density at radius 1 is 1.56 bits per heavy atom. The van der Waals surface area contributed by atoms with Crippen LogP contribution in [-0.2, 0) is 0 Å². The van der Waals surface area contributed by atoms with Crippen LogP contribution in [0, 0.1) is 0 Å². The second-order valence-corrected chi connectivity index (χ2v) is 6.33. The van der Waals surface area contributed by atoms with E-state index in [0.717, 1.165) is 18.3 Å². The summed E-state index contributed by atoms with van der Waals surface area (Å²) in [7, 11) is 0. The lowest BCUT2D eigenvalue weighted by atomic mass is 10.2. The van der Waals surface area contributed by atoms with Gasteiger partial charge in [0.15, 0.2) is 0 Å². The van der Waals surface area contributed by atoms with Gasteiger partial charge in [-0.3, -0.25) is 4.90 Å². The highest BCUT2D eigenvalue weighted by Gasteiger charge is 2.18. The molecule has 94 valence electrons. The minimum atomic E-state index is 0.553. The van der Waals surface area contributed by atoms with Crippen molar-refractivity contribution in [2.45, 2.75) is 38.5 Å². The summed E-state index contributed by atoms with van der Waals surface area (Å²) < 4.78 is 0. The lowest BCUT2D eigenvalue weighted by Crippen LogP contribution is -2.40. The van der Waals surface area contributed by atoms with Crippen LogP contribution < -0.4 is 5.32 Å². The molecule has 0 saturated carbocycles. The fourth-order valence-electron chi connectivity index (χ4n) is 1.89.